The molecule has 0 amide bonds. The highest BCUT2D eigenvalue weighted by Gasteiger charge is 2.19. The van der Waals surface area contributed by atoms with Crippen LogP contribution >= 0.6 is 0 Å². The van der Waals surface area contributed by atoms with Crippen molar-refractivity contribution in [3.05, 3.63) is 59.2 Å². The zero-order valence-corrected chi connectivity index (χ0v) is 14.4. The summed E-state index contributed by atoms with van der Waals surface area (Å²) >= 11 is 0. The predicted octanol–water partition coefficient (Wildman–Crippen LogP) is 3.94. The van der Waals surface area contributed by atoms with Gasteiger partial charge in [-0.3, -0.25) is 0 Å². The minimum Gasteiger partial charge on any atom is -0.435 e. The van der Waals surface area contributed by atoms with Gasteiger partial charge in [-0.25, -0.2) is 13.1 Å². The number of nitrogens with one attached hydrogen (secondary N) is 1. The van der Waals surface area contributed by atoms with Crippen molar-refractivity contribution in [3.63, 3.8) is 0 Å². The van der Waals surface area contributed by atoms with Crippen LogP contribution in [0, 0.1) is 13.8 Å². The lowest BCUT2D eigenvalue weighted by atomic mass is 10.1. The molecule has 7 heteroatoms. The molecule has 0 saturated heterocycles. The summed E-state index contributed by atoms with van der Waals surface area (Å²) in [5, 5.41) is 0. The molecule has 2 aromatic carbocycles. The molecule has 0 aliphatic rings. The quantitative estimate of drug-likeness (QED) is 0.854. The smallest absolute Gasteiger partial charge is 0.387 e. The van der Waals surface area contributed by atoms with Gasteiger partial charge < -0.3 is 4.74 Å². The van der Waals surface area contributed by atoms with Crippen LogP contribution in [0.2, 0.25) is 0 Å². The van der Waals surface area contributed by atoms with Crippen LogP contribution < -0.4 is 9.46 Å². The molecule has 0 aliphatic heterocycles. The summed E-state index contributed by atoms with van der Waals surface area (Å²) in [5.41, 5.74) is 2.40. The van der Waals surface area contributed by atoms with Crippen molar-refractivity contribution in [1.82, 2.24) is 4.72 Å². The van der Waals surface area contributed by atoms with Crippen LogP contribution in [0.4, 0.5) is 8.78 Å². The van der Waals surface area contributed by atoms with Gasteiger partial charge in [0, 0.05) is 6.04 Å². The van der Waals surface area contributed by atoms with Crippen LogP contribution in [0.25, 0.3) is 0 Å². The van der Waals surface area contributed by atoms with E-state index in [4.69, 9.17) is 0 Å². The molecular weight excluding hydrogens is 336 g/mol. The Hall–Kier alpha value is -1.99. The summed E-state index contributed by atoms with van der Waals surface area (Å²) in [7, 11) is -3.72. The lowest BCUT2D eigenvalue weighted by Gasteiger charge is -2.16. The Kier molecular flexibility index (Phi) is 5.56. The number of hydrogen-bond acceptors (Lipinski definition) is 3. The summed E-state index contributed by atoms with van der Waals surface area (Å²) in [5.74, 6) is -0.0141. The Morgan fingerprint density at radius 2 is 1.75 bits per heavy atom. The third kappa shape index (κ3) is 4.52. The predicted molar refractivity (Wildman–Crippen MR) is 87.7 cm³/mol. The molecule has 4 nitrogen and oxygen atoms in total. The number of aryl methyl sites for hydroxylation is 2. The number of ether oxygens (including phenoxy) is 1. The lowest BCUT2D eigenvalue weighted by molar-refractivity contribution is -0.0499. The Balaban J connectivity index is 2.21. The zero-order chi connectivity index (χ0) is 17.9. The van der Waals surface area contributed by atoms with Crippen LogP contribution in [0.15, 0.2) is 47.4 Å². The van der Waals surface area contributed by atoms with Gasteiger partial charge in [0.2, 0.25) is 10.0 Å². The molecular formula is C17H19F2NO3S. The zero-order valence-electron chi connectivity index (χ0n) is 13.6. The van der Waals surface area contributed by atoms with E-state index in [0.717, 1.165) is 11.1 Å². The number of alkyl halides is 2. The van der Waals surface area contributed by atoms with Crippen molar-refractivity contribution in [2.24, 2.45) is 0 Å². The van der Waals surface area contributed by atoms with Crippen molar-refractivity contribution in [2.75, 3.05) is 0 Å². The molecule has 0 heterocycles. The molecule has 2 aromatic rings. The minimum atomic E-state index is -3.72. The summed E-state index contributed by atoms with van der Waals surface area (Å²) in [6, 6.07) is 10.2. The molecule has 0 bridgehead atoms. The van der Waals surface area contributed by atoms with Crippen LogP contribution in [-0.4, -0.2) is 15.0 Å². The van der Waals surface area contributed by atoms with Crippen LogP contribution in [0.1, 0.15) is 29.7 Å². The van der Waals surface area contributed by atoms with Crippen LogP contribution in [-0.2, 0) is 10.0 Å². The van der Waals surface area contributed by atoms with Gasteiger partial charge in [-0.15, -0.1) is 0 Å². The average Bonchev–Trinajstić information content (AvgIpc) is 2.49. The SMILES string of the molecule is Cc1ccc(S(=O)(=O)NC(C)c2cccc(OC(F)F)c2)cc1C. The van der Waals surface area contributed by atoms with E-state index in [2.05, 4.69) is 9.46 Å². The summed E-state index contributed by atoms with van der Waals surface area (Å²) in [6.07, 6.45) is 0. The van der Waals surface area contributed by atoms with E-state index in [-0.39, 0.29) is 10.6 Å². The molecule has 1 atom stereocenters. The molecule has 130 valence electrons. The Bertz CT molecular complexity index is 822. The number of hydrogen-bond donors (Lipinski definition) is 1. The maximum absolute atomic E-state index is 12.5. The van der Waals surface area contributed by atoms with E-state index in [1.165, 1.54) is 24.3 Å². The Labute approximate surface area is 140 Å². The normalized spacial score (nSPS) is 13.1. The topological polar surface area (TPSA) is 55.4 Å². The molecule has 2 rings (SSSR count). The maximum atomic E-state index is 12.5. The van der Waals surface area contributed by atoms with Crippen molar-refractivity contribution >= 4 is 10.0 Å². The molecule has 0 spiro atoms. The first kappa shape index (κ1) is 18.4. The van der Waals surface area contributed by atoms with Gasteiger partial charge in [-0.1, -0.05) is 18.2 Å². The molecule has 0 aromatic heterocycles. The fraction of sp³-hybridized carbons (Fsp3) is 0.294. The number of rotatable bonds is 6. The van der Waals surface area contributed by atoms with Crippen molar-refractivity contribution in [2.45, 2.75) is 38.3 Å². The monoisotopic (exact) mass is 355 g/mol. The molecule has 24 heavy (non-hydrogen) atoms. The van der Waals surface area contributed by atoms with Crippen LogP contribution in [0.5, 0.6) is 5.75 Å². The Morgan fingerprint density at radius 3 is 2.38 bits per heavy atom. The largest absolute Gasteiger partial charge is 0.435 e. The van der Waals surface area contributed by atoms with E-state index in [1.54, 1.807) is 25.1 Å². The van der Waals surface area contributed by atoms with E-state index in [0.29, 0.717) is 5.56 Å². The van der Waals surface area contributed by atoms with Gasteiger partial charge in [0.25, 0.3) is 0 Å². The fourth-order valence-electron chi connectivity index (χ4n) is 2.21. The highest BCUT2D eigenvalue weighted by atomic mass is 32.2. The maximum Gasteiger partial charge on any atom is 0.387 e. The van der Waals surface area contributed by atoms with Gasteiger partial charge in [0.05, 0.1) is 4.90 Å². The average molecular weight is 355 g/mol. The fourth-order valence-corrected chi connectivity index (χ4v) is 3.53. The second-order valence-electron chi connectivity index (χ2n) is 5.54. The highest BCUT2D eigenvalue weighted by molar-refractivity contribution is 7.89. The molecule has 0 radical (unpaired) electrons. The first-order chi connectivity index (χ1) is 11.2. The van der Waals surface area contributed by atoms with Gasteiger partial charge in [-0.2, -0.15) is 8.78 Å². The van der Waals surface area contributed by atoms with Crippen molar-refractivity contribution < 1.29 is 21.9 Å². The van der Waals surface area contributed by atoms with E-state index >= 15 is 0 Å². The third-order valence-corrected chi connectivity index (χ3v) is 5.24. The lowest BCUT2D eigenvalue weighted by Crippen LogP contribution is -2.27. The standard InChI is InChI=1S/C17H19F2NO3S/c1-11-7-8-16(9-12(11)2)24(21,22)20-13(3)14-5-4-6-15(10-14)23-17(18)19/h4-10,13,17,20H,1-3H3. The summed E-state index contributed by atoms with van der Waals surface area (Å²) in [4.78, 5) is 0.164. The van der Waals surface area contributed by atoms with Gasteiger partial charge in [-0.05, 0) is 61.7 Å². The summed E-state index contributed by atoms with van der Waals surface area (Å²) in [6.45, 7) is 2.45. The summed E-state index contributed by atoms with van der Waals surface area (Å²) < 4.78 is 56.4. The number of halogens is 2. The number of benzene rings is 2. The first-order valence-electron chi connectivity index (χ1n) is 7.33. The van der Waals surface area contributed by atoms with Crippen LogP contribution in [0.3, 0.4) is 0 Å². The van der Waals surface area contributed by atoms with E-state index in [1.807, 2.05) is 13.8 Å². The van der Waals surface area contributed by atoms with Gasteiger partial charge in [0.15, 0.2) is 0 Å². The Morgan fingerprint density at radius 1 is 1.04 bits per heavy atom. The molecule has 0 saturated carbocycles. The second kappa shape index (κ2) is 7.27. The molecule has 0 fully saturated rings. The van der Waals surface area contributed by atoms with E-state index in [9.17, 15) is 17.2 Å². The highest BCUT2D eigenvalue weighted by Crippen LogP contribution is 2.23. The minimum absolute atomic E-state index is 0.0141. The molecule has 1 unspecified atom stereocenters. The number of sulfonamides is 1. The van der Waals surface area contributed by atoms with Gasteiger partial charge in [0.1, 0.15) is 5.75 Å². The first-order valence-corrected chi connectivity index (χ1v) is 8.82. The molecule has 0 aliphatic carbocycles. The van der Waals surface area contributed by atoms with Crippen molar-refractivity contribution in [1.29, 1.82) is 0 Å². The van der Waals surface area contributed by atoms with Crippen molar-refractivity contribution in [3.8, 4) is 5.75 Å². The van der Waals surface area contributed by atoms with Gasteiger partial charge >= 0.3 is 6.61 Å². The third-order valence-electron chi connectivity index (χ3n) is 3.70. The molecule has 1 N–H and O–H groups in total. The van der Waals surface area contributed by atoms with E-state index < -0.39 is 22.7 Å². The second-order valence-corrected chi connectivity index (χ2v) is 7.25.